The van der Waals surface area contributed by atoms with Crippen LogP contribution in [0.2, 0.25) is 0 Å². The summed E-state index contributed by atoms with van der Waals surface area (Å²) in [6.07, 6.45) is 0.727. The molecule has 1 saturated carbocycles. The van der Waals surface area contributed by atoms with Crippen molar-refractivity contribution < 1.29 is 23.5 Å². The van der Waals surface area contributed by atoms with Crippen LogP contribution >= 0.6 is 0 Å². The van der Waals surface area contributed by atoms with E-state index in [1.54, 1.807) is 35.2 Å². The van der Waals surface area contributed by atoms with Crippen molar-refractivity contribution in [2.24, 2.45) is 5.92 Å². The summed E-state index contributed by atoms with van der Waals surface area (Å²) in [7, 11) is 0. The maximum Gasteiger partial charge on any atom is 0.243 e. The second-order valence-electron chi connectivity index (χ2n) is 7.26. The number of hydrogen-bond acceptors (Lipinski definition) is 4. The molecule has 1 N–H and O–H groups in total. The largest absolute Gasteiger partial charge is 0.486 e. The monoisotopic (exact) mass is 398 g/mol. The molecule has 4 rings (SSSR count). The average molecular weight is 398 g/mol. The topological polar surface area (TPSA) is 67.9 Å². The van der Waals surface area contributed by atoms with Crippen LogP contribution < -0.4 is 14.8 Å². The number of halogens is 1. The Balaban J connectivity index is 1.34. The molecule has 1 heterocycles. The highest BCUT2D eigenvalue weighted by Gasteiger charge is 2.45. The zero-order valence-electron chi connectivity index (χ0n) is 16.2. The molecular formula is C22H23FN2O4. The molecule has 2 aliphatic rings. The number of ether oxygens (including phenoxy) is 2. The highest BCUT2D eigenvalue weighted by molar-refractivity contribution is 5.95. The van der Waals surface area contributed by atoms with E-state index in [-0.39, 0.29) is 36.0 Å². The number of fused-ring (bicyclic) bond motifs is 1. The van der Waals surface area contributed by atoms with E-state index in [1.807, 2.05) is 6.92 Å². The summed E-state index contributed by atoms with van der Waals surface area (Å²) in [4.78, 5) is 26.8. The lowest BCUT2D eigenvalue weighted by Crippen LogP contribution is -2.39. The minimum atomic E-state index is -0.289. The van der Waals surface area contributed by atoms with Gasteiger partial charge in [0.25, 0.3) is 0 Å². The van der Waals surface area contributed by atoms with Crippen LogP contribution in [0.25, 0.3) is 0 Å². The molecule has 2 unspecified atom stereocenters. The van der Waals surface area contributed by atoms with E-state index in [4.69, 9.17) is 9.47 Å². The molecule has 7 heteroatoms. The van der Waals surface area contributed by atoms with Crippen LogP contribution in [0.3, 0.4) is 0 Å². The molecular weight excluding hydrogens is 375 g/mol. The van der Waals surface area contributed by atoms with Crippen molar-refractivity contribution >= 4 is 17.5 Å². The van der Waals surface area contributed by atoms with Crippen molar-refractivity contribution in [1.82, 2.24) is 4.90 Å². The molecule has 1 fully saturated rings. The van der Waals surface area contributed by atoms with Crippen LogP contribution in [0.15, 0.2) is 42.5 Å². The van der Waals surface area contributed by atoms with Crippen LogP contribution in [0.1, 0.15) is 24.8 Å². The molecule has 1 aliphatic heterocycles. The number of carbonyl (C=O) groups is 2. The Kier molecular flexibility index (Phi) is 5.38. The maximum atomic E-state index is 13.1. The first-order chi connectivity index (χ1) is 14.0. The van der Waals surface area contributed by atoms with Crippen molar-refractivity contribution in [2.75, 3.05) is 31.6 Å². The number of rotatable bonds is 6. The summed E-state index contributed by atoms with van der Waals surface area (Å²) < 4.78 is 24.1. The van der Waals surface area contributed by atoms with Crippen LogP contribution in [0.5, 0.6) is 11.5 Å². The van der Waals surface area contributed by atoms with Crippen LogP contribution in [-0.4, -0.2) is 43.0 Å². The lowest BCUT2D eigenvalue weighted by atomic mass is 10.1. The standard InChI is InChI=1S/C22H23FN2O4/c1-2-25(22(27)18-12-17(18)14-3-5-15(23)6-4-14)13-21(26)24-16-7-8-19-20(11-16)29-10-9-28-19/h3-8,11,17-18H,2,9-10,12-13H2,1H3,(H,24,26). The number of anilines is 1. The summed E-state index contributed by atoms with van der Waals surface area (Å²) in [5.41, 5.74) is 1.56. The second-order valence-corrected chi connectivity index (χ2v) is 7.26. The third-order valence-corrected chi connectivity index (χ3v) is 5.26. The SMILES string of the molecule is CCN(CC(=O)Nc1ccc2c(c1)OCCO2)C(=O)C1CC1c1ccc(F)cc1. The predicted octanol–water partition coefficient (Wildman–Crippen LogP) is 3.19. The lowest BCUT2D eigenvalue weighted by molar-refractivity contribution is -0.135. The van der Waals surface area contributed by atoms with E-state index in [0.717, 1.165) is 12.0 Å². The van der Waals surface area contributed by atoms with E-state index >= 15 is 0 Å². The zero-order valence-corrected chi connectivity index (χ0v) is 16.2. The fraction of sp³-hybridized carbons (Fsp3) is 0.364. The van der Waals surface area contributed by atoms with Gasteiger partial charge in [0.05, 0.1) is 6.54 Å². The summed E-state index contributed by atoms with van der Waals surface area (Å²) >= 11 is 0. The molecule has 2 amide bonds. The van der Waals surface area contributed by atoms with E-state index < -0.39 is 0 Å². The van der Waals surface area contributed by atoms with Gasteiger partial charge >= 0.3 is 0 Å². The molecule has 0 bridgehead atoms. The van der Waals surface area contributed by atoms with Gasteiger partial charge in [-0.1, -0.05) is 12.1 Å². The summed E-state index contributed by atoms with van der Waals surface area (Å²) in [5.74, 6) is 0.594. The van der Waals surface area contributed by atoms with E-state index in [0.29, 0.717) is 36.9 Å². The maximum absolute atomic E-state index is 13.1. The van der Waals surface area contributed by atoms with Crippen molar-refractivity contribution in [1.29, 1.82) is 0 Å². The van der Waals surface area contributed by atoms with Gasteiger partial charge in [-0.05, 0) is 49.1 Å². The van der Waals surface area contributed by atoms with Gasteiger partial charge in [0.15, 0.2) is 11.5 Å². The van der Waals surface area contributed by atoms with E-state index in [2.05, 4.69) is 5.32 Å². The number of hydrogen-bond donors (Lipinski definition) is 1. The van der Waals surface area contributed by atoms with Gasteiger partial charge < -0.3 is 19.7 Å². The Labute approximate surface area is 168 Å². The normalized spacial score (nSPS) is 19.4. The zero-order chi connectivity index (χ0) is 20.4. The third-order valence-electron chi connectivity index (χ3n) is 5.26. The Morgan fingerprint density at radius 2 is 1.83 bits per heavy atom. The smallest absolute Gasteiger partial charge is 0.243 e. The first-order valence-corrected chi connectivity index (χ1v) is 9.79. The Morgan fingerprint density at radius 3 is 2.55 bits per heavy atom. The Morgan fingerprint density at radius 1 is 1.10 bits per heavy atom. The molecule has 2 atom stereocenters. The average Bonchev–Trinajstić information content (AvgIpc) is 3.53. The highest BCUT2D eigenvalue weighted by atomic mass is 19.1. The highest BCUT2D eigenvalue weighted by Crippen LogP contribution is 2.48. The number of likely N-dealkylation sites (N-methyl/N-ethyl adjacent to an activating group) is 1. The number of nitrogens with one attached hydrogen (secondary N) is 1. The number of amides is 2. The molecule has 2 aromatic rings. The van der Waals surface area contributed by atoms with Gasteiger partial charge in [0.1, 0.15) is 19.0 Å². The van der Waals surface area contributed by atoms with Gasteiger partial charge in [-0.25, -0.2) is 4.39 Å². The van der Waals surface area contributed by atoms with Gasteiger partial charge in [-0.3, -0.25) is 9.59 Å². The second kappa shape index (κ2) is 8.11. The summed E-state index contributed by atoms with van der Waals surface area (Å²) in [5, 5.41) is 2.81. The van der Waals surface area contributed by atoms with Gasteiger partial charge in [0, 0.05) is 24.2 Å². The minimum absolute atomic E-state index is 0.0174. The first kappa shape index (κ1) is 19.2. The number of benzene rings is 2. The summed E-state index contributed by atoms with van der Waals surface area (Å²) in [6, 6.07) is 11.5. The lowest BCUT2D eigenvalue weighted by Gasteiger charge is -2.21. The number of nitrogens with zero attached hydrogens (tertiary/aromatic N) is 1. The van der Waals surface area contributed by atoms with Crippen LogP contribution in [-0.2, 0) is 9.59 Å². The van der Waals surface area contributed by atoms with E-state index in [9.17, 15) is 14.0 Å². The third kappa shape index (κ3) is 4.34. The van der Waals surface area contributed by atoms with E-state index in [1.165, 1.54) is 12.1 Å². The van der Waals surface area contributed by atoms with Crippen molar-refractivity contribution in [2.45, 2.75) is 19.3 Å². The molecule has 6 nitrogen and oxygen atoms in total. The molecule has 152 valence electrons. The van der Waals surface area contributed by atoms with Crippen LogP contribution in [0, 0.1) is 11.7 Å². The predicted molar refractivity (Wildman–Crippen MR) is 106 cm³/mol. The first-order valence-electron chi connectivity index (χ1n) is 9.79. The quantitative estimate of drug-likeness (QED) is 0.812. The molecule has 0 aromatic heterocycles. The van der Waals surface area contributed by atoms with Gasteiger partial charge in [-0.15, -0.1) is 0 Å². The fourth-order valence-electron chi connectivity index (χ4n) is 3.62. The van der Waals surface area contributed by atoms with Crippen molar-refractivity contribution in [3.05, 3.63) is 53.8 Å². The van der Waals surface area contributed by atoms with Gasteiger partial charge in [-0.2, -0.15) is 0 Å². The van der Waals surface area contributed by atoms with Crippen molar-refractivity contribution in [3.8, 4) is 11.5 Å². The fourth-order valence-corrected chi connectivity index (χ4v) is 3.62. The van der Waals surface area contributed by atoms with Crippen molar-refractivity contribution in [3.63, 3.8) is 0 Å². The molecule has 1 aliphatic carbocycles. The Bertz CT molecular complexity index is 916. The molecule has 0 spiro atoms. The molecule has 2 aromatic carbocycles. The molecule has 0 saturated heterocycles. The minimum Gasteiger partial charge on any atom is -0.486 e. The van der Waals surface area contributed by atoms with Crippen LogP contribution in [0.4, 0.5) is 10.1 Å². The van der Waals surface area contributed by atoms with Gasteiger partial charge in [0.2, 0.25) is 11.8 Å². The Hall–Kier alpha value is -3.09. The summed E-state index contributed by atoms with van der Waals surface area (Å²) in [6.45, 7) is 3.26. The molecule has 29 heavy (non-hydrogen) atoms. The molecule has 0 radical (unpaired) electrons. The number of carbonyl (C=O) groups excluding carboxylic acids is 2.